The summed E-state index contributed by atoms with van der Waals surface area (Å²) in [5, 5.41) is 8.71. The van der Waals surface area contributed by atoms with Crippen molar-refractivity contribution in [2.75, 3.05) is 0 Å². The van der Waals surface area contributed by atoms with Crippen molar-refractivity contribution in [1.29, 1.82) is 0 Å². The van der Waals surface area contributed by atoms with Gasteiger partial charge in [0.25, 0.3) is 0 Å². The van der Waals surface area contributed by atoms with Crippen LogP contribution >= 0.6 is 0 Å². The molecule has 0 aliphatic heterocycles. The molecule has 0 radical (unpaired) electrons. The van der Waals surface area contributed by atoms with E-state index in [1.165, 1.54) is 0 Å². The second-order valence-corrected chi connectivity index (χ2v) is 3.75. The smallest absolute Gasteiger partial charge is 0.309 e. The fourth-order valence-electron chi connectivity index (χ4n) is 1.81. The molecule has 1 aromatic heterocycles. The van der Waals surface area contributed by atoms with Crippen molar-refractivity contribution in [2.45, 2.75) is 39.0 Å². The summed E-state index contributed by atoms with van der Waals surface area (Å²) < 4.78 is 1.91. The molecule has 0 saturated carbocycles. The summed E-state index contributed by atoms with van der Waals surface area (Å²) in [6, 6.07) is 0. The molecule has 1 heterocycles. The Morgan fingerprint density at radius 2 is 2.13 bits per heavy atom. The summed E-state index contributed by atoms with van der Waals surface area (Å²) in [7, 11) is 1.89. The Labute approximate surface area is 89.9 Å². The first-order valence-corrected chi connectivity index (χ1v) is 5.32. The summed E-state index contributed by atoms with van der Waals surface area (Å²) in [6.45, 7) is 4.25. The van der Waals surface area contributed by atoms with Crippen LogP contribution in [-0.2, 0) is 18.3 Å². The minimum absolute atomic E-state index is 0.0453. The highest BCUT2D eigenvalue weighted by molar-refractivity contribution is 5.69. The van der Waals surface area contributed by atoms with E-state index in [0.29, 0.717) is 5.92 Å². The molecule has 84 valence electrons. The molecule has 0 fully saturated rings. The number of carbonyl (C=O) groups is 1. The van der Waals surface area contributed by atoms with Gasteiger partial charge in [-0.05, 0) is 12.8 Å². The molecule has 0 spiro atoms. The zero-order valence-electron chi connectivity index (χ0n) is 9.53. The summed E-state index contributed by atoms with van der Waals surface area (Å²) in [5.74, 6) is 0.614. The van der Waals surface area contributed by atoms with Crippen LogP contribution in [0, 0.1) is 0 Å². The van der Waals surface area contributed by atoms with Gasteiger partial charge >= 0.3 is 5.97 Å². The van der Waals surface area contributed by atoms with Gasteiger partial charge in [0.05, 0.1) is 6.42 Å². The fraction of sp³-hybridized carbons (Fsp3) is 0.636. The van der Waals surface area contributed by atoms with Crippen LogP contribution in [0.4, 0.5) is 0 Å². The van der Waals surface area contributed by atoms with Crippen molar-refractivity contribution in [3.63, 3.8) is 0 Å². The Kier molecular flexibility index (Phi) is 3.88. The van der Waals surface area contributed by atoms with Crippen LogP contribution in [0.15, 0.2) is 6.20 Å². The largest absolute Gasteiger partial charge is 0.481 e. The molecule has 0 amide bonds. The molecule has 1 aromatic rings. The average Bonchev–Trinajstić information content (AvgIpc) is 2.51. The number of carboxylic acid groups (broad SMARTS) is 1. The predicted molar refractivity (Wildman–Crippen MR) is 57.9 cm³/mol. The second-order valence-electron chi connectivity index (χ2n) is 3.75. The molecule has 0 atom stereocenters. The number of hydrogen-bond acceptors (Lipinski definition) is 2. The van der Waals surface area contributed by atoms with Gasteiger partial charge in [0.1, 0.15) is 5.82 Å². The van der Waals surface area contributed by atoms with Gasteiger partial charge in [0.2, 0.25) is 0 Å². The Morgan fingerprint density at radius 1 is 1.53 bits per heavy atom. The normalized spacial score (nSPS) is 10.9. The standard InChI is InChI=1S/C11H18N2O2/c1-4-8(5-2)11-12-7-9(13(11)3)6-10(14)15/h7-8H,4-6H2,1-3H3,(H,14,15). The van der Waals surface area contributed by atoms with Crippen molar-refractivity contribution in [3.05, 3.63) is 17.7 Å². The van der Waals surface area contributed by atoms with Gasteiger partial charge in [0, 0.05) is 24.9 Å². The molecule has 0 aromatic carbocycles. The summed E-state index contributed by atoms with van der Waals surface area (Å²) in [4.78, 5) is 14.9. The van der Waals surface area contributed by atoms with E-state index in [-0.39, 0.29) is 6.42 Å². The number of rotatable bonds is 5. The number of imidazole rings is 1. The van der Waals surface area contributed by atoms with Crippen molar-refractivity contribution >= 4 is 5.97 Å². The van der Waals surface area contributed by atoms with E-state index in [2.05, 4.69) is 18.8 Å². The lowest BCUT2D eigenvalue weighted by Gasteiger charge is -2.12. The maximum atomic E-state index is 10.6. The van der Waals surface area contributed by atoms with Gasteiger partial charge in [0.15, 0.2) is 0 Å². The van der Waals surface area contributed by atoms with E-state index < -0.39 is 5.97 Å². The molecule has 0 bridgehead atoms. The topological polar surface area (TPSA) is 55.1 Å². The van der Waals surface area contributed by atoms with E-state index in [0.717, 1.165) is 24.4 Å². The Balaban J connectivity index is 2.92. The van der Waals surface area contributed by atoms with E-state index in [1.807, 2.05) is 11.6 Å². The minimum Gasteiger partial charge on any atom is -0.481 e. The molecule has 1 N–H and O–H groups in total. The summed E-state index contributed by atoms with van der Waals surface area (Å²) in [6.07, 6.45) is 3.78. The van der Waals surface area contributed by atoms with E-state index in [1.54, 1.807) is 6.20 Å². The molecule has 0 unspecified atom stereocenters. The number of nitrogens with zero attached hydrogens (tertiary/aromatic N) is 2. The van der Waals surface area contributed by atoms with E-state index in [9.17, 15) is 4.79 Å². The lowest BCUT2D eigenvalue weighted by Crippen LogP contribution is -2.09. The van der Waals surface area contributed by atoms with Crippen LogP contribution in [0.2, 0.25) is 0 Å². The van der Waals surface area contributed by atoms with Gasteiger partial charge in [-0.15, -0.1) is 0 Å². The first-order chi connectivity index (χ1) is 7.10. The van der Waals surface area contributed by atoms with Gasteiger partial charge < -0.3 is 9.67 Å². The molecule has 15 heavy (non-hydrogen) atoms. The first-order valence-electron chi connectivity index (χ1n) is 5.32. The highest BCUT2D eigenvalue weighted by Crippen LogP contribution is 2.22. The molecule has 1 rings (SSSR count). The monoisotopic (exact) mass is 210 g/mol. The van der Waals surface area contributed by atoms with Gasteiger partial charge in [-0.2, -0.15) is 0 Å². The summed E-state index contributed by atoms with van der Waals surface area (Å²) in [5.41, 5.74) is 0.768. The van der Waals surface area contributed by atoms with Crippen LogP contribution in [0.1, 0.15) is 44.1 Å². The third-order valence-electron chi connectivity index (χ3n) is 2.80. The van der Waals surface area contributed by atoms with E-state index in [4.69, 9.17) is 5.11 Å². The third kappa shape index (κ3) is 2.58. The number of carboxylic acids is 1. The van der Waals surface area contributed by atoms with E-state index >= 15 is 0 Å². The average molecular weight is 210 g/mol. The van der Waals surface area contributed by atoms with Gasteiger partial charge in [-0.1, -0.05) is 13.8 Å². The number of aromatic nitrogens is 2. The maximum Gasteiger partial charge on any atom is 0.309 e. The predicted octanol–water partition coefficient (Wildman–Crippen LogP) is 1.95. The van der Waals surface area contributed by atoms with Gasteiger partial charge in [-0.25, -0.2) is 4.98 Å². The van der Waals surface area contributed by atoms with Crippen molar-refractivity contribution in [3.8, 4) is 0 Å². The van der Waals surface area contributed by atoms with Crippen LogP contribution < -0.4 is 0 Å². The molecule has 0 aliphatic rings. The van der Waals surface area contributed by atoms with Crippen LogP contribution in [0.5, 0.6) is 0 Å². The Hall–Kier alpha value is -1.32. The van der Waals surface area contributed by atoms with Crippen LogP contribution in [0.3, 0.4) is 0 Å². The molecule has 0 saturated heterocycles. The van der Waals surface area contributed by atoms with Gasteiger partial charge in [-0.3, -0.25) is 4.79 Å². The second kappa shape index (κ2) is 4.96. The molecule has 4 nitrogen and oxygen atoms in total. The lowest BCUT2D eigenvalue weighted by atomic mass is 10.0. The summed E-state index contributed by atoms with van der Waals surface area (Å²) >= 11 is 0. The number of aliphatic carboxylic acids is 1. The first kappa shape index (κ1) is 11.8. The minimum atomic E-state index is -0.811. The molecule has 0 aliphatic carbocycles. The molecule has 4 heteroatoms. The Morgan fingerprint density at radius 3 is 2.60 bits per heavy atom. The van der Waals surface area contributed by atoms with Crippen molar-refractivity contribution in [2.24, 2.45) is 7.05 Å². The van der Waals surface area contributed by atoms with Crippen LogP contribution in [-0.4, -0.2) is 20.6 Å². The quantitative estimate of drug-likeness (QED) is 0.808. The SMILES string of the molecule is CCC(CC)c1ncc(CC(=O)O)n1C. The van der Waals surface area contributed by atoms with Crippen molar-refractivity contribution in [1.82, 2.24) is 9.55 Å². The Bertz CT molecular complexity index is 340. The molecular weight excluding hydrogens is 192 g/mol. The fourth-order valence-corrected chi connectivity index (χ4v) is 1.81. The zero-order chi connectivity index (χ0) is 11.4. The third-order valence-corrected chi connectivity index (χ3v) is 2.80. The zero-order valence-corrected chi connectivity index (χ0v) is 9.53. The maximum absolute atomic E-state index is 10.6. The molecular formula is C11H18N2O2. The highest BCUT2D eigenvalue weighted by Gasteiger charge is 2.15. The number of hydrogen-bond donors (Lipinski definition) is 1. The highest BCUT2D eigenvalue weighted by atomic mass is 16.4. The van der Waals surface area contributed by atoms with Crippen LogP contribution in [0.25, 0.3) is 0 Å². The lowest BCUT2D eigenvalue weighted by molar-refractivity contribution is -0.136. The van der Waals surface area contributed by atoms with Crippen molar-refractivity contribution < 1.29 is 9.90 Å².